The fraction of sp³-hybridized carbons (Fsp3) is 0.0606. The average Bonchev–Trinajstić information content (AvgIpc) is 3.48. The highest BCUT2D eigenvalue weighted by atomic mass is 16.6. The number of esters is 6. The molecular weight excluding hydrogens is 1020 g/mol. The molecule has 0 amide bonds. The molecule has 0 radical (unpaired) electrons. The van der Waals surface area contributed by atoms with Gasteiger partial charge < -0.3 is 37.9 Å². The van der Waals surface area contributed by atoms with Crippen LogP contribution in [0, 0.1) is 0 Å². The number of rotatable bonds is 23. The first kappa shape index (κ1) is 55.4. The van der Waals surface area contributed by atoms with Crippen molar-refractivity contribution in [2.24, 2.45) is 0 Å². The van der Waals surface area contributed by atoms with Gasteiger partial charge >= 0.3 is 35.8 Å². The van der Waals surface area contributed by atoms with E-state index in [1.807, 2.05) is 60.7 Å². The molecule has 0 N–H and O–H groups in total. The summed E-state index contributed by atoms with van der Waals surface area (Å²) in [5.74, 6) is -1.43. The van der Waals surface area contributed by atoms with E-state index in [9.17, 15) is 28.8 Å². The summed E-state index contributed by atoms with van der Waals surface area (Å²) < 4.78 is 44.0. The Morgan fingerprint density at radius 1 is 0.325 bits per heavy atom. The first-order chi connectivity index (χ1) is 39.0. The number of hydrogen-bond donors (Lipinski definition) is 0. The Balaban J connectivity index is 0.891. The predicted molar refractivity (Wildman–Crippen MR) is 305 cm³/mol. The van der Waals surface area contributed by atoms with Gasteiger partial charge in [-0.3, -0.25) is 0 Å². The SMILES string of the molecule is C=CC(=O)OCCOc1ccc(/C=C/C(=O)Oc2ccc(/C=C/C(=O)Oc3ccc4ccccc4c3-c3c(OC(=O)/C=C/c4ccc(OC(=O)/C=C/c5ccc(OCCOC(=O)C=C)cc5)cc4)ccc4ccccc34)cc2)cc1. The Labute approximate surface area is 460 Å². The predicted octanol–water partition coefficient (Wildman–Crippen LogP) is 12.4. The summed E-state index contributed by atoms with van der Waals surface area (Å²) in [5, 5.41) is 3.20. The number of benzene rings is 8. The number of fused-ring (bicyclic) bond motifs is 2. The Bertz CT molecular complexity index is 3440. The van der Waals surface area contributed by atoms with Gasteiger partial charge in [-0.15, -0.1) is 0 Å². The number of hydrogen-bond acceptors (Lipinski definition) is 14. The molecule has 0 aliphatic carbocycles. The first-order valence-electron chi connectivity index (χ1n) is 24.9. The highest BCUT2D eigenvalue weighted by Crippen LogP contribution is 2.45. The summed E-state index contributed by atoms with van der Waals surface area (Å²) in [5.41, 5.74) is 3.79. The summed E-state index contributed by atoms with van der Waals surface area (Å²) in [7, 11) is 0. The van der Waals surface area contributed by atoms with Crippen molar-refractivity contribution in [3.63, 3.8) is 0 Å². The van der Waals surface area contributed by atoms with Crippen LogP contribution in [0.5, 0.6) is 34.5 Å². The molecule has 14 nitrogen and oxygen atoms in total. The van der Waals surface area contributed by atoms with Gasteiger partial charge in [-0.05, 0) is 129 Å². The molecule has 8 aromatic rings. The molecular formula is C66H50O14. The third-order valence-corrected chi connectivity index (χ3v) is 11.6. The summed E-state index contributed by atoms with van der Waals surface area (Å²) in [6.45, 7) is 7.20. The smallest absolute Gasteiger partial charge is 0.336 e. The fourth-order valence-electron chi connectivity index (χ4n) is 7.80. The molecule has 0 saturated heterocycles. The molecule has 0 bridgehead atoms. The molecule has 398 valence electrons. The van der Waals surface area contributed by atoms with Crippen molar-refractivity contribution < 1.29 is 66.7 Å². The van der Waals surface area contributed by atoms with E-state index in [-0.39, 0.29) is 37.9 Å². The Hall–Kier alpha value is -10.9. The van der Waals surface area contributed by atoms with Gasteiger partial charge in [0, 0.05) is 47.6 Å². The lowest BCUT2D eigenvalue weighted by Gasteiger charge is -2.18. The van der Waals surface area contributed by atoms with Crippen molar-refractivity contribution in [2.75, 3.05) is 26.4 Å². The van der Waals surface area contributed by atoms with Crippen molar-refractivity contribution in [1.29, 1.82) is 0 Å². The molecule has 14 heteroatoms. The number of ether oxygens (including phenoxy) is 8. The van der Waals surface area contributed by atoms with Crippen molar-refractivity contribution in [1.82, 2.24) is 0 Å². The molecule has 0 fully saturated rings. The molecule has 0 unspecified atom stereocenters. The molecule has 0 heterocycles. The summed E-state index contributed by atoms with van der Waals surface area (Å²) in [4.78, 5) is 74.9. The Morgan fingerprint density at radius 2 is 0.637 bits per heavy atom. The quantitative estimate of drug-likeness (QED) is 0.0256. The van der Waals surface area contributed by atoms with E-state index < -0.39 is 35.8 Å². The maximum atomic E-state index is 13.6. The summed E-state index contributed by atoms with van der Waals surface area (Å²) in [6, 6.07) is 49.4. The van der Waals surface area contributed by atoms with Crippen molar-refractivity contribution in [3.05, 3.63) is 242 Å². The average molecular weight is 1070 g/mol. The van der Waals surface area contributed by atoms with Crippen LogP contribution in [0.1, 0.15) is 22.3 Å². The molecule has 0 spiro atoms. The molecule has 0 aromatic heterocycles. The Morgan fingerprint density at radius 3 is 0.975 bits per heavy atom. The molecule has 0 atom stereocenters. The van der Waals surface area contributed by atoms with E-state index in [1.165, 1.54) is 24.3 Å². The highest BCUT2D eigenvalue weighted by molar-refractivity contribution is 6.11. The maximum Gasteiger partial charge on any atom is 0.336 e. The van der Waals surface area contributed by atoms with Gasteiger partial charge in [0.15, 0.2) is 0 Å². The van der Waals surface area contributed by atoms with Crippen LogP contribution in [0.4, 0.5) is 0 Å². The lowest BCUT2D eigenvalue weighted by molar-refractivity contribution is -0.139. The minimum absolute atomic E-state index is 0.0825. The first-order valence-corrected chi connectivity index (χ1v) is 24.9. The minimum Gasteiger partial charge on any atom is -0.490 e. The molecule has 80 heavy (non-hydrogen) atoms. The zero-order valence-corrected chi connectivity index (χ0v) is 42.9. The zero-order valence-electron chi connectivity index (χ0n) is 42.9. The molecule has 8 rings (SSSR count). The standard InChI is InChI=1S/C66H50O14/c1-3-59(67)75-43-41-73-51-27-13-45(14-28-51)21-37-61(69)77-53-31-17-47(18-32-53)23-39-63(71)79-57-35-25-49-9-5-7-11-55(49)65(57)66-56-12-8-6-10-50(56)26-36-58(66)80-64(72)40-24-48-19-33-54(34-20-48)78-62(70)38-22-46-15-29-52(30-16-46)74-42-44-76-60(68)4-2/h3-40H,1-2,41-44H2/b37-21+,38-22+,39-23+,40-24+. The van der Waals surface area contributed by atoms with Crippen LogP contribution < -0.4 is 28.4 Å². The minimum atomic E-state index is -0.674. The third kappa shape index (κ3) is 16.1. The largest absolute Gasteiger partial charge is 0.490 e. The van der Waals surface area contributed by atoms with E-state index in [2.05, 4.69) is 13.2 Å². The second kappa shape index (κ2) is 27.8. The van der Waals surface area contributed by atoms with Crippen molar-refractivity contribution in [2.45, 2.75) is 0 Å². The van der Waals surface area contributed by atoms with Gasteiger partial charge in [-0.2, -0.15) is 0 Å². The lowest BCUT2D eigenvalue weighted by atomic mass is 9.92. The summed E-state index contributed by atoms with van der Waals surface area (Å²) in [6.07, 6.45) is 13.7. The van der Waals surface area contributed by atoms with Crippen LogP contribution in [0.3, 0.4) is 0 Å². The molecule has 0 aliphatic rings. The van der Waals surface area contributed by atoms with Crippen LogP contribution in [0.15, 0.2) is 219 Å². The monoisotopic (exact) mass is 1070 g/mol. The van der Waals surface area contributed by atoms with E-state index in [1.54, 1.807) is 133 Å². The summed E-state index contributed by atoms with van der Waals surface area (Å²) >= 11 is 0. The van der Waals surface area contributed by atoms with Gasteiger partial charge in [0.05, 0.1) is 0 Å². The molecule has 8 aromatic carbocycles. The van der Waals surface area contributed by atoms with Crippen LogP contribution >= 0.6 is 0 Å². The van der Waals surface area contributed by atoms with Gasteiger partial charge in [-0.1, -0.05) is 122 Å². The zero-order chi connectivity index (χ0) is 56.1. The van der Waals surface area contributed by atoms with Crippen LogP contribution in [0.25, 0.3) is 57.0 Å². The number of carbonyl (C=O) groups is 6. The van der Waals surface area contributed by atoms with Crippen molar-refractivity contribution >= 4 is 81.7 Å². The van der Waals surface area contributed by atoms with Gasteiger partial charge in [0.25, 0.3) is 0 Å². The van der Waals surface area contributed by atoms with E-state index in [0.29, 0.717) is 45.3 Å². The topological polar surface area (TPSA) is 176 Å². The Kier molecular flexibility index (Phi) is 19.2. The lowest BCUT2D eigenvalue weighted by Crippen LogP contribution is -2.10. The van der Waals surface area contributed by atoms with Gasteiger partial charge in [0.2, 0.25) is 0 Å². The van der Waals surface area contributed by atoms with Crippen LogP contribution in [-0.2, 0) is 38.2 Å². The fourth-order valence-corrected chi connectivity index (χ4v) is 7.80. The van der Waals surface area contributed by atoms with E-state index in [4.69, 9.17) is 37.9 Å². The van der Waals surface area contributed by atoms with Crippen molar-refractivity contribution in [3.8, 4) is 45.6 Å². The highest BCUT2D eigenvalue weighted by Gasteiger charge is 2.21. The van der Waals surface area contributed by atoms with E-state index >= 15 is 0 Å². The van der Waals surface area contributed by atoms with Gasteiger partial charge in [0.1, 0.15) is 60.9 Å². The third-order valence-electron chi connectivity index (χ3n) is 11.6. The van der Waals surface area contributed by atoms with E-state index in [0.717, 1.165) is 44.8 Å². The molecule has 0 aliphatic heterocycles. The number of carbonyl (C=O) groups excluding carboxylic acids is 6. The second-order valence-electron chi connectivity index (χ2n) is 17.1. The molecule has 0 saturated carbocycles. The van der Waals surface area contributed by atoms with Crippen LogP contribution in [-0.4, -0.2) is 62.2 Å². The van der Waals surface area contributed by atoms with Crippen LogP contribution in [0.2, 0.25) is 0 Å². The normalized spacial score (nSPS) is 11.2. The second-order valence-corrected chi connectivity index (χ2v) is 17.1. The van der Waals surface area contributed by atoms with Gasteiger partial charge in [-0.25, -0.2) is 28.8 Å². The maximum absolute atomic E-state index is 13.6.